The summed E-state index contributed by atoms with van der Waals surface area (Å²) in [7, 11) is 0. The van der Waals surface area contributed by atoms with Crippen LogP contribution in [0.2, 0.25) is 0 Å². The molecule has 0 aliphatic heterocycles. The Balaban J connectivity index is 2.48. The van der Waals surface area contributed by atoms with Crippen molar-refractivity contribution in [2.24, 2.45) is 5.92 Å². The van der Waals surface area contributed by atoms with Gasteiger partial charge in [-0.25, -0.2) is 0 Å². The molecule has 1 aromatic rings. The molecule has 64 valence electrons. The van der Waals surface area contributed by atoms with E-state index in [1.165, 1.54) is 11.1 Å². The fourth-order valence-electron chi connectivity index (χ4n) is 1.71. The van der Waals surface area contributed by atoms with Gasteiger partial charge in [-0.3, -0.25) is 0 Å². The van der Waals surface area contributed by atoms with Crippen molar-refractivity contribution in [3.05, 3.63) is 28.7 Å². The first-order valence-corrected chi connectivity index (χ1v) is 4.44. The Hall–Kier alpha value is -0.980. The van der Waals surface area contributed by atoms with E-state index in [0.717, 1.165) is 17.9 Å². The molecule has 0 fully saturated rings. The highest BCUT2D eigenvalue weighted by Crippen LogP contribution is 2.29. The number of rotatable bonds is 0. The van der Waals surface area contributed by atoms with Crippen LogP contribution in [-0.2, 0) is 6.42 Å². The van der Waals surface area contributed by atoms with Crippen LogP contribution < -0.4 is 0 Å². The van der Waals surface area contributed by atoms with Crippen molar-refractivity contribution in [3.8, 4) is 0 Å². The first-order chi connectivity index (χ1) is 5.66. The lowest BCUT2D eigenvalue weighted by molar-refractivity contribution is 0.513. The van der Waals surface area contributed by atoms with Crippen molar-refractivity contribution < 1.29 is 4.42 Å². The lowest BCUT2D eigenvalue weighted by atomic mass is 9.89. The third kappa shape index (κ3) is 1.09. The van der Waals surface area contributed by atoms with Crippen LogP contribution in [-0.4, -0.2) is 0 Å². The lowest BCUT2D eigenvalue weighted by Gasteiger charge is -2.15. The van der Waals surface area contributed by atoms with Crippen molar-refractivity contribution >= 4 is 6.08 Å². The summed E-state index contributed by atoms with van der Waals surface area (Å²) in [6.07, 6.45) is 3.30. The summed E-state index contributed by atoms with van der Waals surface area (Å²) in [4.78, 5) is 0. The molecule has 0 saturated heterocycles. The van der Waals surface area contributed by atoms with E-state index in [0.29, 0.717) is 5.92 Å². The molecule has 0 N–H and O–H groups in total. The fourth-order valence-corrected chi connectivity index (χ4v) is 1.71. The molecule has 1 unspecified atom stereocenters. The van der Waals surface area contributed by atoms with Crippen molar-refractivity contribution in [2.75, 3.05) is 0 Å². The van der Waals surface area contributed by atoms with E-state index in [4.69, 9.17) is 4.42 Å². The van der Waals surface area contributed by atoms with Crippen LogP contribution in [0.15, 0.2) is 16.1 Å². The van der Waals surface area contributed by atoms with E-state index in [9.17, 15) is 0 Å². The van der Waals surface area contributed by atoms with Crippen LogP contribution >= 0.6 is 0 Å². The molecule has 0 spiro atoms. The zero-order valence-electron chi connectivity index (χ0n) is 7.85. The van der Waals surface area contributed by atoms with Crippen molar-refractivity contribution in [1.82, 2.24) is 0 Å². The second-order valence-electron chi connectivity index (χ2n) is 3.74. The molecule has 0 radical (unpaired) electrons. The maximum Gasteiger partial charge on any atom is 0.130 e. The van der Waals surface area contributed by atoms with Gasteiger partial charge in [0.05, 0.1) is 0 Å². The summed E-state index contributed by atoms with van der Waals surface area (Å²) in [5.74, 6) is 2.77. The van der Waals surface area contributed by atoms with Gasteiger partial charge in [0.2, 0.25) is 0 Å². The van der Waals surface area contributed by atoms with Crippen LogP contribution in [0.3, 0.4) is 0 Å². The summed E-state index contributed by atoms with van der Waals surface area (Å²) in [5.41, 5.74) is 2.79. The molecule has 2 rings (SSSR count). The molecule has 0 amide bonds. The van der Waals surface area contributed by atoms with Crippen molar-refractivity contribution in [3.63, 3.8) is 0 Å². The minimum Gasteiger partial charge on any atom is -0.462 e. The highest BCUT2D eigenvalue weighted by Gasteiger charge is 2.17. The normalized spacial score (nSPS) is 21.9. The quantitative estimate of drug-likeness (QED) is 0.571. The number of fused-ring (bicyclic) bond motifs is 1. The summed E-state index contributed by atoms with van der Waals surface area (Å²) in [5, 5.41) is 0. The molecular weight excluding hydrogens is 148 g/mol. The van der Waals surface area contributed by atoms with Crippen LogP contribution in [0.5, 0.6) is 0 Å². The molecule has 1 aromatic heterocycles. The number of aryl methyl sites for hydroxylation is 1. The van der Waals surface area contributed by atoms with Gasteiger partial charge >= 0.3 is 0 Å². The van der Waals surface area contributed by atoms with Gasteiger partial charge in [0, 0.05) is 0 Å². The molecule has 1 nitrogen and oxygen atoms in total. The van der Waals surface area contributed by atoms with Gasteiger partial charge in [-0.2, -0.15) is 0 Å². The Bertz CT molecular complexity index is 331. The number of furan rings is 1. The summed E-state index contributed by atoms with van der Waals surface area (Å²) in [6.45, 7) is 6.44. The minimum atomic E-state index is 0.675. The highest BCUT2D eigenvalue weighted by atomic mass is 16.3. The molecule has 1 aliphatic rings. The third-order valence-corrected chi connectivity index (χ3v) is 2.63. The predicted octanol–water partition coefficient (Wildman–Crippen LogP) is 3.18. The Kier molecular flexibility index (Phi) is 1.60. The fraction of sp³-hybridized carbons (Fsp3) is 0.455. The third-order valence-electron chi connectivity index (χ3n) is 2.63. The molecule has 1 aliphatic carbocycles. The Morgan fingerprint density at radius 2 is 2.17 bits per heavy atom. The van der Waals surface area contributed by atoms with Crippen LogP contribution in [0, 0.1) is 12.8 Å². The van der Waals surface area contributed by atoms with Gasteiger partial charge in [0.25, 0.3) is 0 Å². The van der Waals surface area contributed by atoms with E-state index in [2.05, 4.69) is 26.0 Å². The maximum atomic E-state index is 5.55. The van der Waals surface area contributed by atoms with E-state index in [1.807, 2.05) is 6.92 Å². The lowest BCUT2D eigenvalue weighted by Crippen LogP contribution is -2.05. The average molecular weight is 162 g/mol. The summed E-state index contributed by atoms with van der Waals surface area (Å²) in [6, 6.07) is 2.15. The Morgan fingerprint density at radius 1 is 1.42 bits per heavy atom. The topological polar surface area (TPSA) is 13.1 Å². The molecular formula is C11H14O. The van der Waals surface area contributed by atoms with E-state index < -0.39 is 0 Å². The summed E-state index contributed by atoms with van der Waals surface area (Å²) >= 11 is 0. The van der Waals surface area contributed by atoms with Crippen LogP contribution in [0.4, 0.5) is 0 Å². The largest absolute Gasteiger partial charge is 0.462 e. The zero-order chi connectivity index (χ0) is 8.72. The predicted molar refractivity (Wildman–Crippen MR) is 50.0 cm³/mol. The first kappa shape index (κ1) is 7.66. The Morgan fingerprint density at radius 3 is 2.92 bits per heavy atom. The van der Waals surface area contributed by atoms with Gasteiger partial charge in [0.15, 0.2) is 0 Å². The van der Waals surface area contributed by atoms with Crippen LogP contribution in [0.25, 0.3) is 6.08 Å². The smallest absolute Gasteiger partial charge is 0.130 e. The monoisotopic (exact) mass is 162 g/mol. The molecule has 0 saturated carbocycles. The SMILES string of the molecule is CC1=Cc2oc(C)cc2CC1C. The number of allylic oxidation sites excluding steroid dienone is 1. The molecule has 1 heteroatoms. The Labute approximate surface area is 73.1 Å². The maximum absolute atomic E-state index is 5.55. The second kappa shape index (κ2) is 2.51. The van der Waals surface area contributed by atoms with Crippen molar-refractivity contribution in [1.29, 1.82) is 0 Å². The van der Waals surface area contributed by atoms with Crippen molar-refractivity contribution in [2.45, 2.75) is 27.2 Å². The van der Waals surface area contributed by atoms with Gasteiger partial charge in [0.1, 0.15) is 11.5 Å². The highest BCUT2D eigenvalue weighted by molar-refractivity contribution is 5.55. The van der Waals surface area contributed by atoms with Gasteiger partial charge in [-0.05, 0) is 43.9 Å². The standard InChI is InChI=1S/C11H14O/c1-7-4-10-6-9(3)12-11(10)5-8(7)2/h5-7H,4H2,1-3H3. The molecule has 1 atom stereocenters. The molecule has 12 heavy (non-hydrogen) atoms. The second-order valence-corrected chi connectivity index (χ2v) is 3.74. The van der Waals surface area contributed by atoms with Gasteiger partial charge < -0.3 is 4.42 Å². The van der Waals surface area contributed by atoms with E-state index in [-0.39, 0.29) is 0 Å². The van der Waals surface area contributed by atoms with Gasteiger partial charge in [-0.15, -0.1) is 0 Å². The number of hydrogen-bond donors (Lipinski definition) is 0. The zero-order valence-corrected chi connectivity index (χ0v) is 7.85. The number of hydrogen-bond acceptors (Lipinski definition) is 1. The first-order valence-electron chi connectivity index (χ1n) is 4.44. The minimum absolute atomic E-state index is 0.675. The average Bonchev–Trinajstić information content (AvgIpc) is 2.30. The van der Waals surface area contributed by atoms with Gasteiger partial charge in [-0.1, -0.05) is 12.5 Å². The molecule has 1 heterocycles. The summed E-state index contributed by atoms with van der Waals surface area (Å²) < 4.78 is 5.55. The molecule has 0 bridgehead atoms. The van der Waals surface area contributed by atoms with E-state index >= 15 is 0 Å². The van der Waals surface area contributed by atoms with E-state index in [1.54, 1.807) is 0 Å². The van der Waals surface area contributed by atoms with Crippen LogP contribution in [0.1, 0.15) is 30.9 Å². The molecule has 0 aromatic carbocycles.